The second kappa shape index (κ2) is 30.9. The summed E-state index contributed by atoms with van der Waals surface area (Å²) in [4.78, 5) is 16.4. The van der Waals surface area contributed by atoms with Crippen molar-refractivity contribution in [3.8, 4) is 0 Å². The van der Waals surface area contributed by atoms with E-state index >= 15 is 0 Å². The fourth-order valence-electron chi connectivity index (χ4n) is 5.49. The highest BCUT2D eigenvalue weighted by molar-refractivity contribution is 5.69. The Morgan fingerprint density at radius 3 is 0.974 bits per heavy atom. The molecule has 0 atom stereocenters. The first-order valence-corrected chi connectivity index (χ1v) is 17.3. The Morgan fingerprint density at radius 1 is 0.395 bits per heavy atom. The molecule has 1 N–H and O–H groups in total. The van der Waals surface area contributed by atoms with Crippen molar-refractivity contribution < 1.29 is 9.90 Å². The van der Waals surface area contributed by atoms with Crippen LogP contribution < -0.4 is 0 Å². The smallest absolute Gasteiger partial charge is 0.317 e. The normalized spacial score (nSPS) is 11.7. The molecule has 0 fully saturated rings. The van der Waals surface area contributed by atoms with E-state index in [-0.39, 0.29) is 6.54 Å². The maximum Gasteiger partial charge on any atom is 0.317 e. The van der Waals surface area contributed by atoms with Gasteiger partial charge in [-0.3, -0.25) is 9.69 Å². The molecule has 0 aliphatic heterocycles. The number of unbranched alkanes of at least 4 members (excludes halogenated alkanes) is 21. The molecule has 0 spiro atoms. The fourth-order valence-corrected chi connectivity index (χ4v) is 5.49. The highest BCUT2D eigenvalue weighted by Crippen LogP contribution is 2.12. The predicted molar refractivity (Wildman–Crippen MR) is 168 cm³/mol. The van der Waals surface area contributed by atoms with Crippen molar-refractivity contribution in [1.82, 2.24) is 9.80 Å². The molecule has 0 rings (SSSR count). The molecule has 0 aliphatic carbocycles. The average Bonchev–Trinajstić information content (AvgIpc) is 2.90. The van der Waals surface area contributed by atoms with Crippen LogP contribution in [0.25, 0.3) is 0 Å². The van der Waals surface area contributed by atoms with E-state index in [4.69, 9.17) is 0 Å². The molecule has 0 radical (unpaired) electrons. The summed E-state index contributed by atoms with van der Waals surface area (Å²) in [5.41, 5.74) is 0. The minimum atomic E-state index is -0.678. The average molecular weight is 539 g/mol. The zero-order valence-electron chi connectivity index (χ0n) is 26.5. The number of carboxylic acids is 1. The summed E-state index contributed by atoms with van der Waals surface area (Å²) in [5, 5.41) is 9.48. The van der Waals surface area contributed by atoms with Crippen LogP contribution in [0.4, 0.5) is 0 Å². The standard InChI is InChI=1S/C34H70N2O2/c1-4-7-10-13-16-17-18-21-24-27-30-36(33-34(37)38)32-31-35(28-25-22-19-14-11-8-5-2)29-26-23-20-15-12-9-6-3/h4-33H2,1-3H3,(H,37,38). The van der Waals surface area contributed by atoms with Crippen molar-refractivity contribution in [2.45, 2.75) is 175 Å². The van der Waals surface area contributed by atoms with E-state index in [1.807, 2.05) is 0 Å². The van der Waals surface area contributed by atoms with E-state index < -0.39 is 5.97 Å². The van der Waals surface area contributed by atoms with E-state index in [9.17, 15) is 9.90 Å². The lowest BCUT2D eigenvalue weighted by atomic mass is 10.1. The van der Waals surface area contributed by atoms with Gasteiger partial charge in [-0.2, -0.15) is 0 Å². The second-order valence-electron chi connectivity index (χ2n) is 11.9. The molecule has 0 saturated heterocycles. The number of rotatable bonds is 32. The van der Waals surface area contributed by atoms with Crippen molar-refractivity contribution in [1.29, 1.82) is 0 Å². The Balaban J connectivity index is 4.32. The Morgan fingerprint density at radius 2 is 0.658 bits per heavy atom. The zero-order chi connectivity index (χ0) is 27.9. The Labute approximate surface area is 239 Å². The van der Waals surface area contributed by atoms with Crippen LogP contribution in [-0.2, 0) is 4.79 Å². The van der Waals surface area contributed by atoms with E-state index in [0.29, 0.717) is 0 Å². The van der Waals surface area contributed by atoms with Gasteiger partial charge in [0, 0.05) is 13.1 Å². The fraction of sp³-hybridized carbons (Fsp3) is 0.971. The van der Waals surface area contributed by atoms with Crippen LogP contribution in [0, 0.1) is 0 Å². The monoisotopic (exact) mass is 539 g/mol. The summed E-state index contributed by atoms with van der Waals surface area (Å²) in [7, 11) is 0. The summed E-state index contributed by atoms with van der Waals surface area (Å²) < 4.78 is 0. The summed E-state index contributed by atoms with van der Waals surface area (Å²) in [5.74, 6) is -0.678. The van der Waals surface area contributed by atoms with Gasteiger partial charge < -0.3 is 10.0 Å². The van der Waals surface area contributed by atoms with Crippen molar-refractivity contribution in [2.24, 2.45) is 0 Å². The zero-order valence-corrected chi connectivity index (χ0v) is 26.5. The van der Waals surface area contributed by atoms with Gasteiger partial charge in [0.25, 0.3) is 0 Å². The Kier molecular flexibility index (Phi) is 30.4. The molecule has 0 bridgehead atoms. The maximum absolute atomic E-state index is 11.5. The molecule has 0 aromatic rings. The van der Waals surface area contributed by atoms with Crippen molar-refractivity contribution >= 4 is 5.97 Å². The number of aliphatic carboxylic acids is 1. The maximum atomic E-state index is 11.5. The van der Waals surface area contributed by atoms with Crippen LogP contribution in [0.3, 0.4) is 0 Å². The summed E-state index contributed by atoms with van der Waals surface area (Å²) in [6.07, 6.45) is 32.2. The molecule has 0 aromatic heterocycles. The van der Waals surface area contributed by atoms with E-state index in [1.165, 1.54) is 161 Å². The van der Waals surface area contributed by atoms with Gasteiger partial charge >= 0.3 is 5.97 Å². The highest BCUT2D eigenvalue weighted by Gasteiger charge is 2.12. The van der Waals surface area contributed by atoms with Gasteiger partial charge in [-0.1, -0.05) is 156 Å². The predicted octanol–water partition coefficient (Wildman–Crippen LogP) is 10.1. The number of hydrogen-bond acceptors (Lipinski definition) is 3. The molecular formula is C34H70N2O2. The lowest BCUT2D eigenvalue weighted by molar-refractivity contribution is -0.138. The van der Waals surface area contributed by atoms with Crippen LogP contribution in [0.15, 0.2) is 0 Å². The molecule has 0 aromatic carbocycles. The van der Waals surface area contributed by atoms with Gasteiger partial charge in [0.15, 0.2) is 0 Å². The van der Waals surface area contributed by atoms with Crippen LogP contribution in [0.1, 0.15) is 175 Å². The first-order valence-electron chi connectivity index (χ1n) is 17.3. The summed E-state index contributed by atoms with van der Waals surface area (Å²) in [6.45, 7) is 12.3. The number of nitrogens with zero attached hydrogens (tertiary/aromatic N) is 2. The van der Waals surface area contributed by atoms with Crippen molar-refractivity contribution in [2.75, 3.05) is 39.3 Å². The van der Waals surface area contributed by atoms with Crippen molar-refractivity contribution in [3.63, 3.8) is 0 Å². The quantitative estimate of drug-likeness (QED) is 0.0865. The van der Waals surface area contributed by atoms with Crippen LogP contribution in [0.2, 0.25) is 0 Å². The van der Waals surface area contributed by atoms with Crippen molar-refractivity contribution in [3.05, 3.63) is 0 Å². The van der Waals surface area contributed by atoms with Crippen LogP contribution in [-0.4, -0.2) is 60.1 Å². The van der Waals surface area contributed by atoms with Crippen LogP contribution >= 0.6 is 0 Å². The van der Waals surface area contributed by atoms with Gasteiger partial charge in [-0.05, 0) is 38.9 Å². The SMILES string of the molecule is CCCCCCCCCCCCN(CCN(CCCCCCCCC)CCCCCCCCC)CC(=O)O. The van der Waals surface area contributed by atoms with Gasteiger partial charge in [-0.15, -0.1) is 0 Å². The molecule has 4 nitrogen and oxygen atoms in total. The second-order valence-corrected chi connectivity index (χ2v) is 11.9. The first-order chi connectivity index (χ1) is 18.6. The molecule has 0 aliphatic rings. The van der Waals surface area contributed by atoms with Gasteiger partial charge in [0.2, 0.25) is 0 Å². The molecule has 0 heterocycles. The molecule has 4 heteroatoms. The summed E-state index contributed by atoms with van der Waals surface area (Å²) >= 11 is 0. The molecule has 0 amide bonds. The lowest BCUT2D eigenvalue weighted by Gasteiger charge is -2.27. The number of carbonyl (C=O) groups is 1. The minimum absolute atomic E-state index is 0.195. The Hall–Kier alpha value is -0.610. The molecular weight excluding hydrogens is 468 g/mol. The third-order valence-corrected chi connectivity index (χ3v) is 8.08. The largest absolute Gasteiger partial charge is 0.480 e. The molecule has 0 saturated carbocycles. The summed E-state index contributed by atoms with van der Waals surface area (Å²) in [6, 6.07) is 0. The van der Waals surface area contributed by atoms with E-state index in [1.54, 1.807) is 0 Å². The van der Waals surface area contributed by atoms with E-state index in [0.717, 1.165) is 26.1 Å². The lowest BCUT2D eigenvalue weighted by Crippen LogP contribution is -2.39. The third kappa shape index (κ3) is 28.4. The molecule has 0 unspecified atom stereocenters. The number of carboxylic acid groups (broad SMARTS) is 1. The molecule has 228 valence electrons. The first kappa shape index (κ1) is 37.4. The number of hydrogen-bond donors (Lipinski definition) is 1. The van der Waals surface area contributed by atoms with Crippen LogP contribution in [0.5, 0.6) is 0 Å². The Bertz CT molecular complexity index is 453. The van der Waals surface area contributed by atoms with Gasteiger partial charge in [0.05, 0.1) is 6.54 Å². The van der Waals surface area contributed by atoms with E-state index in [2.05, 4.69) is 30.6 Å². The topological polar surface area (TPSA) is 43.8 Å². The van der Waals surface area contributed by atoms with Gasteiger partial charge in [-0.25, -0.2) is 0 Å². The third-order valence-electron chi connectivity index (χ3n) is 8.08. The minimum Gasteiger partial charge on any atom is -0.480 e. The highest BCUT2D eigenvalue weighted by atomic mass is 16.4. The van der Waals surface area contributed by atoms with Gasteiger partial charge in [0.1, 0.15) is 0 Å². The molecule has 38 heavy (non-hydrogen) atoms.